The van der Waals surface area contributed by atoms with E-state index < -0.39 is 6.61 Å². The Morgan fingerprint density at radius 2 is 1.96 bits per heavy atom. The van der Waals surface area contributed by atoms with Crippen molar-refractivity contribution in [1.29, 1.82) is 0 Å². The number of rotatable bonds is 12. The predicted molar refractivity (Wildman–Crippen MR) is 98.2 cm³/mol. The maximum atomic E-state index is 12.6. The van der Waals surface area contributed by atoms with Crippen LogP contribution >= 0.6 is 0 Å². The third-order valence-electron chi connectivity index (χ3n) is 3.55. The number of nitrogens with zero attached hydrogens (tertiary/aromatic N) is 1. The summed E-state index contributed by atoms with van der Waals surface area (Å²) in [5.74, 6) is 1.29. The van der Waals surface area contributed by atoms with Gasteiger partial charge in [0.05, 0.1) is 13.7 Å². The van der Waals surface area contributed by atoms with Crippen molar-refractivity contribution in [2.24, 2.45) is 4.99 Å². The minimum Gasteiger partial charge on any atom is -0.497 e. The molecule has 0 aliphatic rings. The maximum Gasteiger partial charge on any atom is 0.387 e. The number of aliphatic imine (C=N–C) groups is 1. The van der Waals surface area contributed by atoms with Crippen molar-refractivity contribution in [3.05, 3.63) is 23.8 Å². The summed E-state index contributed by atoms with van der Waals surface area (Å²) in [6.45, 7) is 1.51. The number of hydrogen-bond donors (Lipinski definition) is 2. The Hall–Kier alpha value is -2.09. The summed E-state index contributed by atoms with van der Waals surface area (Å²) < 4.78 is 39.9. The average Bonchev–Trinajstić information content (AvgIpc) is 2.63. The van der Waals surface area contributed by atoms with E-state index in [0.29, 0.717) is 23.8 Å². The van der Waals surface area contributed by atoms with Gasteiger partial charge in [0.15, 0.2) is 5.96 Å². The van der Waals surface area contributed by atoms with Crippen LogP contribution in [0.2, 0.25) is 0 Å². The lowest BCUT2D eigenvalue weighted by atomic mass is 10.2. The van der Waals surface area contributed by atoms with Crippen LogP contribution in [-0.2, 0) is 11.3 Å². The Bertz CT molecular complexity index is 542. The van der Waals surface area contributed by atoms with Crippen LogP contribution in [0.25, 0.3) is 0 Å². The molecule has 2 N–H and O–H groups in total. The number of benzene rings is 1. The first-order chi connectivity index (χ1) is 12.6. The fourth-order valence-corrected chi connectivity index (χ4v) is 2.28. The van der Waals surface area contributed by atoms with E-state index in [1.807, 2.05) is 6.92 Å². The number of guanidine groups is 1. The summed E-state index contributed by atoms with van der Waals surface area (Å²) in [5.41, 5.74) is 0.530. The second-order valence-electron chi connectivity index (χ2n) is 5.53. The Kier molecular flexibility index (Phi) is 11.1. The normalized spacial score (nSPS) is 11.5. The summed E-state index contributed by atoms with van der Waals surface area (Å²) in [4.78, 5) is 4.45. The monoisotopic (exact) mass is 373 g/mol. The first-order valence-corrected chi connectivity index (χ1v) is 8.73. The van der Waals surface area contributed by atoms with E-state index in [4.69, 9.17) is 9.47 Å². The number of nitrogens with one attached hydrogen (secondary N) is 2. The Balaban J connectivity index is 2.69. The molecule has 0 bridgehead atoms. The van der Waals surface area contributed by atoms with E-state index in [1.54, 1.807) is 19.2 Å². The van der Waals surface area contributed by atoms with E-state index in [1.165, 1.54) is 13.2 Å². The zero-order valence-corrected chi connectivity index (χ0v) is 15.7. The molecule has 0 radical (unpaired) electrons. The standard InChI is InChI=1S/C18H29F2N3O3/c1-4-21-18(22-10-6-5-7-11-24-2)23-13-14-12-15(25-3)8-9-16(14)26-17(19)20/h8-9,12,17H,4-7,10-11,13H2,1-3H3,(H2,21,22,23). The first kappa shape index (κ1) is 22.0. The molecular weight excluding hydrogens is 344 g/mol. The fraction of sp³-hybridized carbons (Fsp3) is 0.611. The molecule has 0 aliphatic carbocycles. The highest BCUT2D eigenvalue weighted by molar-refractivity contribution is 5.79. The highest BCUT2D eigenvalue weighted by Crippen LogP contribution is 2.26. The van der Waals surface area contributed by atoms with Crippen LogP contribution in [0.5, 0.6) is 11.5 Å². The number of ether oxygens (including phenoxy) is 3. The fourth-order valence-electron chi connectivity index (χ4n) is 2.28. The molecular formula is C18H29F2N3O3. The molecule has 0 saturated carbocycles. The van der Waals surface area contributed by atoms with Gasteiger partial charge in [0.1, 0.15) is 11.5 Å². The highest BCUT2D eigenvalue weighted by Gasteiger charge is 2.11. The molecule has 0 amide bonds. The molecule has 6 nitrogen and oxygen atoms in total. The molecule has 0 unspecified atom stereocenters. The van der Waals surface area contributed by atoms with Gasteiger partial charge < -0.3 is 24.8 Å². The molecule has 0 fully saturated rings. The van der Waals surface area contributed by atoms with E-state index in [9.17, 15) is 8.78 Å². The van der Waals surface area contributed by atoms with Gasteiger partial charge in [0.2, 0.25) is 0 Å². The van der Waals surface area contributed by atoms with Crippen molar-refractivity contribution in [3.63, 3.8) is 0 Å². The van der Waals surface area contributed by atoms with Crippen molar-refractivity contribution in [2.75, 3.05) is 33.9 Å². The molecule has 1 aromatic rings. The van der Waals surface area contributed by atoms with Gasteiger partial charge in [-0.05, 0) is 44.4 Å². The van der Waals surface area contributed by atoms with Gasteiger partial charge in [-0.2, -0.15) is 8.78 Å². The van der Waals surface area contributed by atoms with E-state index >= 15 is 0 Å². The van der Waals surface area contributed by atoms with E-state index in [0.717, 1.165) is 32.4 Å². The summed E-state index contributed by atoms with van der Waals surface area (Å²) in [7, 11) is 3.21. The third kappa shape index (κ3) is 8.84. The van der Waals surface area contributed by atoms with Crippen molar-refractivity contribution in [3.8, 4) is 11.5 Å². The minimum atomic E-state index is -2.88. The van der Waals surface area contributed by atoms with Crippen molar-refractivity contribution in [2.45, 2.75) is 39.3 Å². The summed E-state index contributed by atoms with van der Waals surface area (Å²) in [5, 5.41) is 6.37. The Morgan fingerprint density at radius 1 is 1.15 bits per heavy atom. The number of methoxy groups -OCH3 is 2. The Labute approximate surface area is 153 Å². The lowest BCUT2D eigenvalue weighted by Gasteiger charge is -2.13. The maximum absolute atomic E-state index is 12.6. The quantitative estimate of drug-likeness (QED) is 0.335. The molecule has 0 saturated heterocycles. The van der Waals surface area contributed by atoms with Crippen molar-refractivity contribution < 1.29 is 23.0 Å². The second kappa shape index (κ2) is 13.2. The molecule has 148 valence electrons. The van der Waals surface area contributed by atoms with Crippen LogP contribution in [0.3, 0.4) is 0 Å². The van der Waals surface area contributed by atoms with Gasteiger partial charge >= 0.3 is 6.61 Å². The predicted octanol–water partition coefficient (Wildman–Crippen LogP) is 3.17. The molecule has 0 atom stereocenters. The summed E-state index contributed by atoms with van der Waals surface area (Å²) >= 11 is 0. The number of unbranched alkanes of at least 4 members (excludes halogenated alkanes) is 2. The topological polar surface area (TPSA) is 64.1 Å². The number of alkyl halides is 2. The highest BCUT2D eigenvalue weighted by atomic mass is 19.3. The molecule has 1 rings (SSSR count). The lowest BCUT2D eigenvalue weighted by molar-refractivity contribution is -0.0504. The lowest BCUT2D eigenvalue weighted by Crippen LogP contribution is -2.37. The van der Waals surface area contributed by atoms with Crippen LogP contribution < -0.4 is 20.1 Å². The molecule has 8 heteroatoms. The summed E-state index contributed by atoms with van der Waals surface area (Å²) in [6.07, 6.45) is 3.07. The van der Waals surface area contributed by atoms with Gasteiger partial charge in [-0.15, -0.1) is 0 Å². The molecule has 0 spiro atoms. The Morgan fingerprint density at radius 3 is 2.62 bits per heavy atom. The van der Waals surface area contributed by atoms with E-state index in [-0.39, 0.29) is 12.3 Å². The second-order valence-corrected chi connectivity index (χ2v) is 5.53. The number of hydrogen-bond acceptors (Lipinski definition) is 4. The van der Waals surface area contributed by atoms with Crippen LogP contribution in [0.15, 0.2) is 23.2 Å². The van der Waals surface area contributed by atoms with Crippen LogP contribution in [-0.4, -0.2) is 46.5 Å². The molecule has 1 aromatic carbocycles. The largest absolute Gasteiger partial charge is 0.497 e. The molecule has 26 heavy (non-hydrogen) atoms. The third-order valence-corrected chi connectivity index (χ3v) is 3.55. The molecule has 0 aromatic heterocycles. The first-order valence-electron chi connectivity index (χ1n) is 8.73. The average molecular weight is 373 g/mol. The smallest absolute Gasteiger partial charge is 0.387 e. The molecule has 0 aliphatic heterocycles. The SMILES string of the molecule is CCNC(=NCc1cc(OC)ccc1OC(F)F)NCCCCCOC. The van der Waals surface area contributed by atoms with Crippen molar-refractivity contribution >= 4 is 5.96 Å². The van der Waals surface area contributed by atoms with Crippen LogP contribution in [0.1, 0.15) is 31.7 Å². The van der Waals surface area contributed by atoms with Crippen LogP contribution in [0.4, 0.5) is 8.78 Å². The van der Waals surface area contributed by atoms with Gasteiger partial charge in [-0.25, -0.2) is 4.99 Å². The van der Waals surface area contributed by atoms with Gasteiger partial charge in [-0.1, -0.05) is 0 Å². The van der Waals surface area contributed by atoms with E-state index in [2.05, 4.69) is 20.4 Å². The molecule has 0 heterocycles. The zero-order chi connectivity index (χ0) is 19.2. The minimum absolute atomic E-state index is 0.0972. The van der Waals surface area contributed by atoms with Gasteiger partial charge in [0, 0.05) is 32.4 Å². The van der Waals surface area contributed by atoms with Crippen LogP contribution in [0, 0.1) is 0 Å². The van der Waals surface area contributed by atoms with Crippen molar-refractivity contribution in [1.82, 2.24) is 10.6 Å². The van der Waals surface area contributed by atoms with Gasteiger partial charge in [-0.3, -0.25) is 0 Å². The zero-order valence-electron chi connectivity index (χ0n) is 15.7. The number of halogens is 2. The summed E-state index contributed by atoms with van der Waals surface area (Å²) in [6, 6.07) is 4.69. The van der Waals surface area contributed by atoms with Gasteiger partial charge in [0.25, 0.3) is 0 Å².